The zero-order chi connectivity index (χ0) is 20.7. The molecule has 5 nitrogen and oxygen atoms in total. The van der Waals surface area contributed by atoms with Crippen LogP contribution in [0.15, 0.2) is 30.3 Å². The van der Waals surface area contributed by atoms with Crippen LogP contribution in [0, 0.1) is 23.7 Å². The first kappa shape index (κ1) is 22.4. The van der Waals surface area contributed by atoms with Crippen molar-refractivity contribution in [2.75, 3.05) is 6.54 Å². The molecule has 5 atom stereocenters. The molecule has 1 saturated carbocycles. The van der Waals surface area contributed by atoms with Gasteiger partial charge in [0.1, 0.15) is 0 Å². The van der Waals surface area contributed by atoms with E-state index in [-0.39, 0.29) is 23.8 Å². The van der Waals surface area contributed by atoms with Gasteiger partial charge in [-0.15, -0.1) is 0 Å². The number of nitrogens with one attached hydrogen (secondary N) is 2. The minimum atomic E-state index is -0.571. The number of nitrogens with two attached hydrogens (primary N) is 1. The number of carbonyl (C=O) groups is 2. The average Bonchev–Trinajstić information content (AvgIpc) is 2.66. The van der Waals surface area contributed by atoms with Crippen molar-refractivity contribution in [1.82, 2.24) is 10.6 Å². The van der Waals surface area contributed by atoms with Crippen molar-refractivity contribution < 1.29 is 9.59 Å². The minimum absolute atomic E-state index is 0.0604. The van der Waals surface area contributed by atoms with E-state index in [2.05, 4.69) is 31.4 Å². The highest BCUT2D eigenvalue weighted by molar-refractivity contribution is 5.82. The topological polar surface area (TPSA) is 84.2 Å². The van der Waals surface area contributed by atoms with Gasteiger partial charge in [0.2, 0.25) is 11.8 Å². The van der Waals surface area contributed by atoms with Gasteiger partial charge < -0.3 is 16.4 Å². The van der Waals surface area contributed by atoms with Crippen molar-refractivity contribution in [1.29, 1.82) is 0 Å². The van der Waals surface area contributed by atoms with E-state index in [1.807, 2.05) is 30.3 Å². The third-order valence-corrected chi connectivity index (χ3v) is 5.97. The highest BCUT2D eigenvalue weighted by Crippen LogP contribution is 2.38. The lowest BCUT2D eigenvalue weighted by Gasteiger charge is -2.36. The third-order valence-electron chi connectivity index (χ3n) is 5.97. The van der Waals surface area contributed by atoms with Crippen LogP contribution in [0.2, 0.25) is 0 Å². The van der Waals surface area contributed by atoms with E-state index in [1.165, 1.54) is 6.42 Å². The largest absolute Gasteiger partial charge is 0.354 e. The molecule has 0 heterocycles. The van der Waals surface area contributed by atoms with Gasteiger partial charge in [0.05, 0.1) is 12.1 Å². The quantitative estimate of drug-likeness (QED) is 0.641. The van der Waals surface area contributed by atoms with Crippen LogP contribution in [0.25, 0.3) is 0 Å². The van der Waals surface area contributed by atoms with E-state index in [1.54, 1.807) is 6.92 Å². The molecule has 1 aliphatic carbocycles. The van der Waals surface area contributed by atoms with E-state index >= 15 is 0 Å². The van der Waals surface area contributed by atoms with Crippen LogP contribution in [0.3, 0.4) is 0 Å². The summed E-state index contributed by atoms with van der Waals surface area (Å²) in [4.78, 5) is 25.1. The molecule has 0 saturated heterocycles. The molecule has 4 N–H and O–H groups in total. The molecule has 1 aromatic carbocycles. The maximum atomic E-state index is 13.0. The molecule has 0 radical (unpaired) electrons. The fourth-order valence-electron chi connectivity index (χ4n) is 4.26. The molecular formula is C23H37N3O2. The highest BCUT2D eigenvalue weighted by Gasteiger charge is 2.35. The van der Waals surface area contributed by atoms with E-state index in [4.69, 9.17) is 5.73 Å². The van der Waals surface area contributed by atoms with Crippen LogP contribution in [-0.4, -0.2) is 30.4 Å². The van der Waals surface area contributed by atoms with E-state index in [0.29, 0.717) is 30.7 Å². The second kappa shape index (κ2) is 10.6. The van der Waals surface area contributed by atoms with Crippen LogP contribution in [-0.2, 0) is 16.0 Å². The first-order chi connectivity index (χ1) is 13.3. The van der Waals surface area contributed by atoms with Crippen LogP contribution in [0.4, 0.5) is 0 Å². The van der Waals surface area contributed by atoms with Gasteiger partial charge in [-0.2, -0.15) is 0 Å². The fourth-order valence-corrected chi connectivity index (χ4v) is 4.26. The van der Waals surface area contributed by atoms with Crippen LogP contribution in [0.5, 0.6) is 0 Å². The van der Waals surface area contributed by atoms with Crippen molar-refractivity contribution >= 4 is 11.8 Å². The molecule has 5 heteroatoms. The monoisotopic (exact) mass is 387 g/mol. The van der Waals surface area contributed by atoms with Gasteiger partial charge >= 0.3 is 0 Å². The lowest BCUT2D eigenvalue weighted by Crippen LogP contribution is -2.51. The molecular weight excluding hydrogens is 350 g/mol. The Kier molecular flexibility index (Phi) is 8.49. The van der Waals surface area contributed by atoms with Gasteiger partial charge in [-0.3, -0.25) is 9.59 Å². The molecule has 2 rings (SSSR count). The third kappa shape index (κ3) is 6.62. The van der Waals surface area contributed by atoms with Gasteiger partial charge in [0, 0.05) is 12.5 Å². The Labute approximate surface area is 169 Å². The molecule has 1 aromatic rings. The summed E-state index contributed by atoms with van der Waals surface area (Å²) in [6, 6.07) is 9.25. The number of benzene rings is 1. The molecule has 1 fully saturated rings. The number of amides is 2. The molecule has 2 unspecified atom stereocenters. The van der Waals surface area contributed by atoms with Gasteiger partial charge in [-0.05, 0) is 49.5 Å². The molecule has 0 aromatic heterocycles. The van der Waals surface area contributed by atoms with Crippen LogP contribution >= 0.6 is 0 Å². The van der Waals surface area contributed by atoms with Crippen molar-refractivity contribution in [2.45, 2.75) is 65.5 Å². The SMILES string of the molecule is CC(N)C(=O)NC(CNC(=O)[C@@H]1C[C@H](C)CC[C@H]1C(C)C)Cc1ccccc1. The summed E-state index contributed by atoms with van der Waals surface area (Å²) in [5, 5.41) is 6.12. The Morgan fingerprint density at radius 2 is 1.82 bits per heavy atom. The average molecular weight is 388 g/mol. The van der Waals surface area contributed by atoms with E-state index in [9.17, 15) is 9.59 Å². The van der Waals surface area contributed by atoms with E-state index < -0.39 is 6.04 Å². The number of hydrogen-bond donors (Lipinski definition) is 3. The first-order valence-corrected chi connectivity index (χ1v) is 10.7. The maximum absolute atomic E-state index is 13.0. The van der Waals surface area contributed by atoms with Crippen molar-refractivity contribution in [3.8, 4) is 0 Å². The van der Waals surface area contributed by atoms with Crippen molar-refractivity contribution in [3.63, 3.8) is 0 Å². The lowest BCUT2D eigenvalue weighted by atomic mass is 9.70. The molecule has 2 amide bonds. The summed E-state index contributed by atoms with van der Waals surface area (Å²) in [5.41, 5.74) is 6.84. The number of hydrogen-bond acceptors (Lipinski definition) is 3. The number of carbonyl (C=O) groups excluding carboxylic acids is 2. The fraction of sp³-hybridized carbons (Fsp3) is 0.652. The smallest absolute Gasteiger partial charge is 0.236 e. The summed E-state index contributed by atoms with van der Waals surface area (Å²) in [7, 11) is 0. The molecule has 28 heavy (non-hydrogen) atoms. The van der Waals surface area contributed by atoms with Gasteiger partial charge in [0.15, 0.2) is 0 Å². The Balaban J connectivity index is 2.01. The number of rotatable bonds is 8. The molecule has 0 aliphatic heterocycles. The second-order valence-corrected chi connectivity index (χ2v) is 8.86. The van der Waals surface area contributed by atoms with Crippen LogP contribution < -0.4 is 16.4 Å². The van der Waals surface area contributed by atoms with Crippen molar-refractivity contribution in [3.05, 3.63) is 35.9 Å². The van der Waals surface area contributed by atoms with Gasteiger partial charge in [-0.1, -0.05) is 57.5 Å². The lowest BCUT2D eigenvalue weighted by molar-refractivity contribution is -0.130. The summed E-state index contributed by atoms with van der Waals surface area (Å²) in [6.07, 6.45) is 3.93. The standard InChI is InChI=1S/C23H37N3O2/c1-15(2)20-11-10-16(3)12-21(20)23(28)25-14-19(26-22(27)17(4)24)13-18-8-6-5-7-9-18/h5-9,15-17,19-21H,10-14,24H2,1-4H3,(H,25,28)(H,26,27)/t16-,17?,19?,20+,21-/m1/s1. The van der Waals surface area contributed by atoms with Gasteiger partial charge in [-0.25, -0.2) is 0 Å². The van der Waals surface area contributed by atoms with Crippen LogP contribution in [0.1, 0.15) is 52.5 Å². The predicted molar refractivity (Wildman–Crippen MR) is 114 cm³/mol. The Morgan fingerprint density at radius 3 is 2.43 bits per heavy atom. The first-order valence-electron chi connectivity index (χ1n) is 10.7. The Bertz CT molecular complexity index is 630. The molecule has 1 aliphatic rings. The van der Waals surface area contributed by atoms with Gasteiger partial charge in [0.25, 0.3) is 0 Å². The minimum Gasteiger partial charge on any atom is -0.354 e. The van der Waals surface area contributed by atoms with Crippen molar-refractivity contribution in [2.24, 2.45) is 29.4 Å². The molecule has 156 valence electrons. The summed E-state index contributed by atoms with van der Waals surface area (Å²) in [5.74, 6) is 1.51. The maximum Gasteiger partial charge on any atom is 0.236 e. The summed E-state index contributed by atoms with van der Waals surface area (Å²) >= 11 is 0. The predicted octanol–water partition coefficient (Wildman–Crippen LogP) is 2.89. The summed E-state index contributed by atoms with van der Waals surface area (Å²) < 4.78 is 0. The second-order valence-electron chi connectivity index (χ2n) is 8.86. The molecule has 0 bridgehead atoms. The summed E-state index contributed by atoms with van der Waals surface area (Å²) in [6.45, 7) is 8.74. The highest BCUT2D eigenvalue weighted by atomic mass is 16.2. The molecule has 0 spiro atoms. The zero-order valence-corrected chi connectivity index (χ0v) is 17.8. The van der Waals surface area contributed by atoms with E-state index in [0.717, 1.165) is 18.4 Å². The zero-order valence-electron chi connectivity index (χ0n) is 17.8. The Hall–Kier alpha value is -1.88. The normalized spacial score (nSPS) is 24.4. The Morgan fingerprint density at radius 1 is 1.14 bits per heavy atom.